The second kappa shape index (κ2) is 9.44. The van der Waals surface area contributed by atoms with Crippen LogP contribution in [0.5, 0.6) is 5.75 Å². The Morgan fingerprint density at radius 2 is 1.55 bits per heavy atom. The highest BCUT2D eigenvalue weighted by molar-refractivity contribution is 5.71. The maximum atomic E-state index is 13.6. The van der Waals surface area contributed by atoms with Gasteiger partial charge in [-0.1, -0.05) is 60.7 Å². The van der Waals surface area contributed by atoms with E-state index in [0.29, 0.717) is 19.0 Å². The Labute approximate surface area is 181 Å². The molecule has 4 nitrogen and oxygen atoms in total. The first-order valence-electron chi connectivity index (χ1n) is 10.4. The lowest BCUT2D eigenvalue weighted by molar-refractivity contribution is 0.128. The summed E-state index contributed by atoms with van der Waals surface area (Å²) in [5, 5.41) is 8.97. The van der Waals surface area contributed by atoms with Gasteiger partial charge in [-0.25, -0.2) is 9.18 Å². The molecule has 1 saturated heterocycles. The molecule has 0 unspecified atom stereocenters. The summed E-state index contributed by atoms with van der Waals surface area (Å²) >= 11 is 0. The molecule has 0 bridgehead atoms. The van der Waals surface area contributed by atoms with E-state index in [1.54, 1.807) is 4.90 Å². The third-order valence-electron chi connectivity index (χ3n) is 5.79. The number of benzene rings is 3. The zero-order chi connectivity index (χ0) is 21.6. The average molecular weight is 414 g/mol. The van der Waals surface area contributed by atoms with Crippen LogP contribution in [0.15, 0.2) is 78.9 Å². The molecule has 0 aliphatic carbocycles. The third kappa shape index (κ3) is 4.92. The topological polar surface area (TPSA) is 53.3 Å². The summed E-state index contributed by atoms with van der Waals surface area (Å²) < 4.78 is 19.0. The van der Waals surface area contributed by atoms with Crippen molar-refractivity contribution in [3.05, 3.63) is 101 Å². The largest absolute Gasteiger partial charge is 0.415 e. The molecule has 3 aromatic rings. The summed E-state index contributed by atoms with van der Waals surface area (Å²) in [6.07, 6.45) is 1.18. The van der Waals surface area contributed by atoms with Gasteiger partial charge in [0.15, 0.2) is 0 Å². The molecule has 1 aliphatic heterocycles. The first-order chi connectivity index (χ1) is 15.1. The van der Waals surface area contributed by atoms with Crippen LogP contribution in [0.2, 0.25) is 0 Å². The molecule has 0 spiro atoms. The van der Waals surface area contributed by atoms with Gasteiger partial charge >= 0.3 is 6.09 Å². The number of piperidine rings is 1. The molecule has 1 amide bonds. The molecule has 0 saturated carbocycles. The molecular formula is C26H23FN2O2. The quantitative estimate of drug-likeness (QED) is 0.547. The van der Waals surface area contributed by atoms with E-state index in [0.717, 1.165) is 25.0 Å². The Kier molecular flexibility index (Phi) is 6.28. The van der Waals surface area contributed by atoms with Crippen LogP contribution in [0.3, 0.4) is 0 Å². The van der Waals surface area contributed by atoms with E-state index in [-0.39, 0.29) is 17.2 Å². The summed E-state index contributed by atoms with van der Waals surface area (Å²) in [6, 6.07) is 26.4. The smallest absolute Gasteiger partial charge is 0.410 e. The molecule has 4 rings (SSSR count). The van der Waals surface area contributed by atoms with Crippen molar-refractivity contribution in [2.75, 3.05) is 13.1 Å². The third-order valence-corrected chi connectivity index (χ3v) is 5.79. The van der Waals surface area contributed by atoms with Gasteiger partial charge in [0.1, 0.15) is 11.6 Å². The maximum absolute atomic E-state index is 13.6. The molecule has 0 aromatic heterocycles. The van der Waals surface area contributed by atoms with E-state index in [4.69, 9.17) is 10.00 Å². The molecule has 5 heteroatoms. The van der Waals surface area contributed by atoms with Crippen molar-refractivity contribution in [3.63, 3.8) is 0 Å². The molecule has 0 N–H and O–H groups in total. The van der Waals surface area contributed by atoms with Gasteiger partial charge in [0, 0.05) is 25.1 Å². The van der Waals surface area contributed by atoms with Crippen molar-refractivity contribution in [1.82, 2.24) is 4.90 Å². The molecule has 1 heterocycles. The fourth-order valence-electron chi connectivity index (χ4n) is 4.32. The number of hydrogen-bond acceptors (Lipinski definition) is 3. The van der Waals surface area contributed by atoms with Gasteiger partial charge in [0.05, 0.1) is 11.6 Å². The number of ether oxygens (including phenoxy) is 1. The highest BCUT2D eigenvalue weighted by atomic mass is 19.1. The van der Waals surface area contributed by atoms with Crippen LogP contribution in [0.1, 0.15) is 35.4 Å². The van der Waals surface area contributed by atoms with Gasteiger partial charge in [-0.3, -0.25) is 0 Å². The molecule has 1 fully saturated rings. The predicted octanol–water partition coefficient (Wildman–Crippen LogP) is 5.74. The zero-order valence-electron chi connectivity index (χ0n) is 17.1. The monoisotopic (exact) mass is 414 g/mol. The fraction of sp³-hybridized carbons (Fsp3) is 0.231. The van der Waals surface area contributed by atoms with Crippen LogP contribution >= 0.6 is 0 Å². The number of hydrogen-bond donors (Lipinski definition) is 0. The normalized spacial score (nSPS) is 14.3. The van der Waals surface area contributed by atoms with Gasteiger partial charge in [-0.2, -0.15) is 5.26 Å². The van der Waals surface area contributed by atoms with E-state index in [2.05, 4.69) is 48.5 Å². The van der Waals surface area contributed by atoms with Gasteiger partial charge < -0.3 is 9.64 Å². The van der Waals surface area contributed by atoms with Gasteiger partial charge in [0.2, 0.25) is 0 Å². The molecule has 0 atom stereocenters. The molecule has 1 aliphatic rings. The lowest BCUT2D eigenvalue weighted by Crippen LogP contribution is -2.41. The Morgan fingerprint density at radius 1 is 0.968 bits per heavy atom. The van der Waals surface area contributed by atoms with Crippen LogP contribution in [0.4, 0.5) is 9.18 Å². The lowest BCUT2D eigenvalue weighted by Gasteiger charge is -2.36. The number of carbonyl (C=O) groups is 1. The minimum absolute atomic E-state index is 0.0510. The van der Waals surface area contributed by atoms with Crippen LogP contribution in [-0.2, 0) is 0 Å². The average Bonchev–Trinajstić information content (AvgIpc) is 2.80. The zero-order valence-corrected chi connectivity index (χ0v) is 17.1. The van der Waals surface area contributed by atoms with Crippen molar-refractivity contribution in [2.24, 2.45) is 5.92 Å². The molecule has 3 aromatic carbocycles. The van der Waals surface area contributed by atoms with E-state index in [1.165, 1.54) is 17.2 Å². The number of nitriles is 1. The number of halogens is 1. The number of carbonyl (C=O) groups excluding carboxylic acids is 1. The second-order valence-corrected chi connectivity index (χ2v) is 7.78. The van der Waals surface area contributed by atoms with E-state index < -0.39 is 11.9 Å². The summed E-state index contributed by atoms with van der Waals surface area (Å²) in [7, 11) is 0. The highest BCUT2D eigenvalue weighted by Crippen LogP contribution is 2.38. The number of likely N-dealkylation sites (tertiary alicyclic amines) is 1. The predicted molar refractivity (Wildman–Crippen MR) is 116 cm³/mol. The standard InChI is InChI=1S/C26H23FN2O2/c27-23-15-19(18-28)16-24(17-23)31-26(30)29-13-11-22(12-14-29)25(20-7-3-1-4-8-20)21-9-5-2-6-10-21/h1-10,15-17,22,25H,11-14H2. The summed E-state index contributed by atoms with van der Waals surface area (Å²) in [5.41, 5.74) is 2.67. The van der Waals surface area contributed by atoms with E-state index in [1.807, 2.05) is 18.2 Å². The number of amides is 1. The Morgan fingerprint density at radius 3 is 2.10 bits per heavy atom. The SMILES string of the molecule is N#Cc1cc(F)cc(OC(=O)N2CCC(C(c3ccccc3)c3ccccc3)CC2)c1. The van der Waals surface area contributed by atoms with Crippen LogP contribution < -0.4 is 4.74 Å². The van der Waals surface area contributed by atoms with Crippen LogP contribution in [0, 0.1) is 23.1 Å². The minimum atomic E-state index is -0.603. The summed E-state index contributed by atoms with van der Waals surface area (Å²) in [6.45, 7) is 1.14. The number of nitrogens with zero attached hydrogens (tertiary/aromatic N) is 2. The lowest BCUT2D eigenvalue weighted by atomic mass is 9.76. The summed E-state index contributed by atoms with van der Waals surface area (Å²) in [5.74, 6) is 0.111. The van der Waals surface area contributed by atoms with Crippen molar-refractivity contribution < 1.29 is 13.9 Å². The van der Waals surface area contributed by atoms with Crippen molar-refractivity contribution >= 4 is 6.09 Å². The maximum Gasteiger partial charge on any atom is 0.415 e. The fourth-order valence-corrected chi connectivity index (χ4v) is 4.32. The molecule has 0 radical (unpaired) electrons. The van der Waals surface area contributed by atoms with Crippen molar-refractivity contribution in [3.8, 4) is 11.8 Å². The Bertz CT molecular complexity index is 1030. The first-order valence-corrected chi connectivity index (χ1v) is 10.4. The first kappa shape index (κ1) is 20.6. The highest BCUT2D eigenvalue weighted by Gasteiger charge is 2.31. The van der Waals surface area contributed by atoms with Gasteiger partial charge in [-0.05, 0) is 42.0 Å². The van der Waals surface area contributed by atoms with Gasteiger partial charge in [0.25, 0.3) is 0 Å². The Hall–Kier alpha value is -3.65. The molecular weight excluding hydrogens is 391 g/mol. The van der Waals surface area contributed by atoms with Crippen molar-refractivity contribution in [1.29, 1.82) is 5.26 Å². The summed E-state index contributed by atoms with van der Waals surface area (Å²) in [4.78, 5) is 14.2. The van der Waals surface area contributed by atoms with Crippen LogP contribution in [-0.4, -0.2) is 24.1 Å². The molecule has 156 valence electrons. The number of rotatable bonds is 4. The molecule has 31 heavy (non-hydrogen) atoms. The van der Waals surface area contributed by atoms with Crippen LogP contribution in [0.25, 0.3) is 0 Å². The van der Waals surface area contributed by atoms with Crippen molar-refractivity contribution in [2.45, 2.75) is 18.8 Å². The van der Waals surface area contributed by atoms with E-state index in [9.17, 15) is 9.18 Å². The van der Waals surface area contributed by atoms with E-state index >= 15 is 0 Å². The second-order valence-electron chi connectivity index (χ2n) is 7.78. The van der Waals surface area contributed by atoms with Gasteiger partial charge in [-0.15, -0.1) is 0 Å². The minimum Gasteiger partial charge on any atom is -0.410 e. The Balaban J connectivity index is 1.45.